The number of unbranched alkanes of at least 4 members (excludes halogenated alkanes) is 3. The summed E-state index contributed by atoms with van der Waals surface area (Å²) < 4.78 is 59.2. The molecule has 30 heavy (non-hydrogen) atoms. The SMILES string of the molecule is CS(=O)(=O)OCCCS(=O)(=O)NCCCCCCOc1ccc2cc(Br)ccc2c1. The van der Waals surface area contributed by atoms with E-state index >= 15 is 0 Å². The highest BCUT2D eigenvalue weighted by Crippen LogP contribution is 2.24. The zero-order valence-electron chi connectivity index (χ0n) is 17.0. The molecule has 0 fully saturated rings. The van der Waals surface area contributed by atoms with Gasteiger partial charge in [0.2, 0.25) is 10.0 Å². The van der Waals surface area contributed by atoms with E-state index < -0.39 is 20.1 Å². The molecule has 0 atom stereocenters. The number of ether oxygens (including phenoxy) is 1. The summed E-state index contributed by atoms with van der Waals surface area (Å²) in [5.74, 6) is 0.691. The highest BCUT2D eigenvalue weighted by Gasteiger charge is 2.10. The van der Waals surface area contributed by atoms with Crippen LogP contribution in [0.2, 0.25) is 0 Å². The van der Waals surface area contributed by atoms with Crippen LogP contribution in [0.15, 0.2) is 40.9 Å². The molecule has 2 aromatic carbocycles. The van der Waals surface area contributed by atoms with Crippen LogP contribution in [-0.2, 0) is 24.3 Å². The summed E-state index contributed by atoms with van der Waals surface area (Å²) in [4.78, 5) is 0. The number of nitrogens with one attached hydrogen (secondary N) is 1. The summed E-state index contributed by atoms with van der Waals surface area (Å²) in [7, 11) is -6.94. The molecule has 168 valence electrons. The molecule has 0 saturated heterocycles. The Morgan fingerprint density at radius 1 is 0.867 bits per heavy atom. The molecule has 2 rings (SSSR count). The number of hydrogen-bond donors (Lipinski definition) is 1. The molecule has 1 N–H and O–H groups in total. The van der Waals surface area contributed by atoms with Crippen LogP contribution in [0.3, 0.4) is 0 Å². The second-order valence-corrected chi connectivity index (χ2v) is 11.5. The van der Waals surface area contributed by atoms with E-state index in [0.717, 1.165) is 52.9 Å². The predicted molar refractivity (Wildman–Crippen MR) is 123 cm³/mol. The number of hydrogen-bond acceptors (Lipinski definition) is 6. The maximum Gasteiger partial charge on any atom is 0.264 e. The van der Waals surface area contributed by atoms with Crippen LogP contribution < -0.4 is 9.46 Å². The van der Waals surface area contributed by atoms with E-state index in [-0.39, 0.29) is 18.8 Å². The first-order valence-corrected chi connectivity index (χ1v) is 14.0. The van der Waals surface area contributed by atoms with Gasteiger partial charge in [-0.15, -0.1) is 0 Å². The second-order valence-electron chi connectivity index (χ2n) is 7.01. The van der Waals surface area contributed by atoms with Gasteiger partial charge in [-0.25, -0.2) is 13.1 Å². The molecule has 0 aromatic heterocycles. The summed E-state index contributed by atoms with van der Waals surface area (Å²) in [5, 5.41) is 2.29. The molecule has 10 heteroatoms. The number of fused-ring (bicyclic) bond motifs is 1. The summed E-state index contributed by atoms with van der Waals surface area (Å²) >= 11 is 3.46. The molecule has 0 saturated carbocycles. The summed E-state index contributed by atoms with van der Waals surface area (Å²) in [6, 6.07) is 12.1. The van der Waals surface area contributed by atoms with Crippen molar-refractivity contribution in [1.82, 2.24) is 4.72 Å². The van der Waals surface area contributed by atoms with Gasteiger partial charge in [0.25, 0.3) is 10.1 Å². The molecule has 0 spiro atoms. The largest absolute Gasteiger partial charge is 0.494 e. The molecule has 0 bridgehead atoms. The lowest BCUT2D eigenvalue weighted by Gasteiger charge is -2.08. The highest BCUT2D eigenvalue weighted by atomic mass is 79.9. The van der Waals surface area contributed by atoms with Crippen molar-refractivity contribution in [1.29, 1.82) is 0 Å². The highest BCUT2D eigenvalue weighted by molar-refractivity contribution is 9.10. The van der Waals surface area contributed by atoms with Crippen LogP contribution >= 0.6 is 15.9 Å². The minimum absolute atomic E-state index is 0.130. The molecule has 0 aliphatic carbocycles. The van der Waals surface area contributed by atoms with Crippen LogP contribution in [0.5, 0.6) is 5.75 Å². The van der Waals surface area contributed by atoms with E-state index in [2.05, 4.69) is 30.9 Å². The maximum absolute atomic E-state index is 11.8. The van der Waals surface area contributed by atoms with Crippen LogP contribution in [0.25, 0.3) is 10.8 Å². The number of halogens is 1. The fourth-order valence-corrected chi connectivity index (χ4v) is 4.71. The average molecular weight is 522 g/mol. The Labute approximate surface area is 187 Å². The van der Waals surface area contributed by atoms with Crippen molar-refractivity contribution in [2.75, 3.05) is 31.8 Å². The lowest BCUT2D eigenvalue weighted by molar-refractivity contribution is 0.305. The zero-order chi connectivity index (χ0) is 22.0. The first kappa shape index (κ1) is 25.1. The van der Waals surface area contributed by atoms with Gasteiger partial charge in [0.05, 0.1) is 25.2 Å². The molecular weight excluding hydrogens is 494 g/mol. The Balaban J connectivity index is 1.54. The summed E-state index contributed by atoms with van der Waals surface area (Å²) in [6.45, 7) is 0.860. The smallest absolute Gasteiger partial charge is 0.264 e. The normalized spacial score (nSPS) is 12.3. The van der Waals surface area contributed by atoms with Crippen LogP contribution in [-0.4, -0.2) is 48.6 Å². The van der Waals surface area contributed by atoms with Gasteiger partial charge in [0, 0.05) is 11.0 Å². The van der Waals surface area contributed by atoms with Gasteiger partial charge < -0.3 is 4.74 Å². The molecule has 2 aromatic rings. The minimum atomic E-state index is -3.53. The first-order chi connectivity index (χ1) is 14.1. The Bertz CT molecular complexity index is 1020. The quantitative estimate of drug-likeness (QED) is 0.299. The second kappa shape index (κ2) is 12.0. The van der Waals surface area contributed by atoms with Gasteiger partial charge >= 0.3 is 0 Å². The number of sulfonamides is 1. The number of rotatable bonds is 14. The van der Waals surface area contributed by atoms with Gasteiger partial charge in [-0.1, -0.05) is 40.9 Å². The fraction of sp³-hybridized carbons (Fsp3) is 0.500. The molecule has 7 nitrogen and oxygen atoms in total. The number of benzene rings is 2. The topological polar surface area (TPSA) is 98.8 Å². The van der Waals surface area contributed by atoms with E-state index in [9.17, 15) is 16.8 Å². The minimum Gasteiger partial charge on any atom is -0.494 e. The van der Waals surface area contributed by atoms with Crippen molar-refractivity contribution in [2.45, 2.75) is 32.1 Å². The Hall–Kier alpha value is -1.20. The van der Waals surface area contributed by atoms with Crippen LogP contribution in [0.1, 0.15) is 32.1 Å². The fourth-order valence-electron chi connectivity index (χ4n) is 2.81. The van der Waals surface area contributed by atoms with Crippen molar-refractivity contribution in [3.63, 3.8) is 0 Å². The standard InChI is InChI=1S/C20H28BrNO6S2/c1-29(23,24)28-13-6-14-30(25,26)22-11-4-2-3-5-12-27-20-10-8-17-15-19(21)9-7-18(17)16-20/h7-10,15-16,22H,2-6,11-14H2,1H3. The molecule has 0 aliphatic rings. The Kier molecular flexibility index (Phi) is 10.0. The molecule has 0 radical (unpaired) electrons. The van der Waals surface area contributed by atoms with E-state index in [1.165, 1.54) is 0 Å². The molecule has 0 unspecified atom stereocenters. The monoisotopic (exact) mass is 521 g/mol. The average Bonchev–Trinajstić information content (AvgIpc) is 2.66. The first-order valence-electron chi connectivity index (χ1n) is 9.78. The van der Waals surface area contributed by atoms with Crippen molar-refractivity contribution in [3.8, 4) is 5.75 Å². The van der Waals surface area contributed by atoms with Crippen molar-refractivity contribution >= 4 is 46.8 Å². The Morgan fingerprint density at radius 3 is 2.33 bits per heavy atom. The third-order valence-electron chi connectivity index (χ3n) is 4.29. The van der Waals surface area contributed by atoms with Crippen LogP contribution in [0, 0.1) is 0 Å². The van der Waals surface area contributed by atoms with Crippen LogP contribution in [0.4, 0.5) is 0 Å². The van der Waals surface area contributed by atoms with Gasteiger partial charge in [-0.3, -0.25) is 4.18 Å². The van der Waals surface area contributed by atoms with Gasteiger partial charge in [0.15, 0.2) is 0 Å². The molecular formula is C20H28BrNO6S2. The molecule has 0 amide bonds. The Morgan fingerprint density at radius 2 is 1.57 bits per heavy atom. The summed E-state index contributed by atoms with van der Waals surface area (Å²) in [6.07, 6.45) is 4.55. The van der Waals surface area contributed by atoms with Gasteiger partial charge in [-0.05, 0) is 54.3 Å². The van der Waals surface area contributed by atoms with E-state index in [4.69, 9.17) is 4.74 Å². The maximum atomic E-state index is 11.8. The zero-order valence-corrected chi connectivity index (χ0v) is 20.2. The van der Waals surface area contributed by atoms with E-state index in [1.807, 2.05) is 30.3 Å². The molecule has 0 aliphatic heterocycles. The lowest BCUT2D eigenvalue weighted by atomic mass is 10.1. The summed E-state index contributed by atoms with van der Waals surface area (Å²) in [5.41, 5.74) is 0. The third kappa shape index (κ3) is 10.2. The van der Waals surface area contributed by atoms with Gasteiger partial charge in [-0.2, -0.15) is 8.42 Å². The lowest BCUT2D eigenvalue weighted by Crippen LogP contribution is -2.28. The molecule has 0 heterocycles. The third-order valence-corrected chi connectivity index (χ3v) is 6.85. The van der Waals surface area contributed by atoms with Gasteiger partial charge in [0.1, 0.15) is 5.75 Å². The van der Waals surface area contributed by atoms with E-state index in [0.29, 0.717) is 13.2 Å². The van der Waals surface area contributed by atoms with Crippen molar-refractivity contribution in [2.24, 2.45) is 0 Å². The van der Waals surface area contributed by atoms with E-state index in [1.54, 1.807) is 0 Å². The van der Waals surface area contributed by atoms with Crippen molar-refractivity contribution < 1.29 is 25.8 Å². The predicted octanol–water partition coefficient (Wildman–Crippen LogP) is 3.83. The van der Waals surface area contributed by atoms with Crippen molar-refractivity contribution in [3.05, 3.63) is 40.9 Å².